The van der Waals surface area contributed by atoms with E-state index in [4.69, 9.17) is 0 Å². The van der Waals surface area contributed by atoms with E-state index in [0.717, 1.165) is 5.92 Å². The monoisotopic (exact) mass is 156 g/mol. The summed E-state index contributed by atoms with van der Waals surface area (Å²) >= 11 is 0. The second kappa shape index (κ2) is 4.07. The van der Waals surface area contributed by atoms with Crippen LogP contribution in [-0.2, 0) is 0 Å². The van der Waals surface area contributed by atoms with Crippen LogP contribution in [0.15, 0.2) is 0 Å². The van der Waals surface area contributed by atoms with Gasteiger partial charge in [-0.15, -0.1) is 0 Å². The summed E-state index contributed by atoms with van der Waals surface area (Å²) < 4.78 is 0. The fourth-order valence-electron chi connectivity index (χ4n) is 1.48. The fourth-order valence-corrected chi connectivity index (χ4v) is 1.48. The highest BCUT2D eigenvalue weighted by Crippen LogP contribution is 2.09. The highest BCUT2D eigenvalue weighted by Gasteiger charge is 2.19. The zero-order valence-corrected chi connectivity index (χ0v) is 7.93. The van der Waals surface area contributed by atoms with Crippen LogP contribution in [-0.4, -0.2) is 37.6 Å². The summed E-state index contributed by atoms with van der Waals surface area (Å²) in [5, 5.41) is 3.36. The average molecular weight is 156 g/mol. The molecule has 0 saturated carbocycles. The smallest absolute Gasteiger partial charge is 0.0214 e. The van der Waals surface area contributed by atoms with Gasteiger partial charge >= 0.3 is 0 Å². The molecule has 1 unspecified atom stereocenters. The third-order valence-corrected chi connectivity index (χ3v) is 2.58. The standard InChI is InChI=1S/C9H20N2/c1-8(2)9(10-3)7-11-5-4-6-11/h8-10H,4-7H2,1-3H3. The quantitative estimate of drug-likeness (QED) is 0.651. The van der Waals surface area contributed by atoms with E-state index in [-0.39, 0.29) is 0 Å². The lowest BCUT2D eigenvalue weighted by Gasteiger charge is -2.35. The van der Waals surface area contributed by atoms with Gasteiger partial charge in [-0.1, -0.05) is 13.8 Å². The average Bonchev–Trinajstić information content (AvgIpc) is 1.85. The molecule has 1 rings (SSSR count). The van der Waals surface area contributed by atoms with Crippen molar-refractivity contribution in [2.75, 3.05) is 26.7 Å². The molecule has 0 amide bonds. The van der Waals surface area contributed by atoms with Crippen LogP contribution in [0, 0.1) is 5.92 Å². The molecule has 1 fully saturated rings. The van der Waals surface area contributed by atoms with Gasteiger partial charge in [0.05, 0.1) is 0 Å². The second-order valence-electron chi connectivity index (χ2n) is 3.79. The Balaban J connectivity index is 2.19. The maximum Gasteiger partial charge on any atom is 0.0214 e. The van der Waals surface area contributed by atoms with Gasteiger partial charge in [-0.25, -0.2) is 0 Å². The lowest BCUT2D eigenvalue weighted by molar-refractivity contribution is 0.150. The van der Waals surface area contributed by atoms with Crippen molar-refractivity contribution < 1.29 is 0 Å². The van der Waals surface area contributed by atoms with Gasteiger partial charge in [0.25, 0.3) is 0 Å². The van der Waals surface area contributed by atoms with Crippen molar-refractivity contribution in [3.63, 3.8) is 0 Å². The molecular formula is C9H20N2. The maximum atomic E-state index is 3.36. The van der Waals surface area contributed by atoms with E-state index in [1.54, 1.807) is 0 Å². The summed E-state index contributed by atoms with van der Waals surface area (Å²) in [5.74, 6) is 0.751. The summed E-state index contributed by atoms with van der Waals surface area (Å²) in [6, 6.07) is 0.676. The van der Waals surface area contributed by atoms with Gasteiger partial charge in [-0.2, -0.15) is 0 Å². The highest BCUT2D eigenvalue weighted by atomic mass is 15.2. The molecule has 0 aromatic carbocycles. The van der Waals surface area contributed by atoms with E-state index in [9.17, 15) is 0 Å². The second-order valence-corrected chi connectivity index (χ2v) is 3.79. The number of nitrogens with zero attached hydrogens (tertiary/aromatic N) is 1. The number of likely N-dealkylation sites (N-methyl/N-ethyl adjacent to an activating group) is 1. The Bertz CT molecular complexity index is 108. The van der Waals surface area contributed by atoms with Crippen LogP contribution >= 0.6 is 0 Å². The summed E-state index contributed by atoms with van der Waals surface area (Å²) in [6.45, 7) is 8.41. The molecule has 0 aromatic rings. The van der Waals surface area contributed by atoms with Gasteiger partial charge in [0.2, 0.25) is 0 Å². The Labute approximate surface area is 70.0 Å². The topological polar surface area (TPSA) is 15.3 Å². The number of likely N-dealkylation sites (tertiary alicyclic amines) is 1. The molecule has 0 spiro atoms. The van der Waals surface area contributed by atoms with Crippen LogP contribution in [0.4, 0.5) is 0 Å². The van der Waals surface area contributed by atoms with Gasteiger partial charge in [0.1, 0.15) is 0 Å². The molecular weight excluding hydrogens is 136 g/mol. The van der Waals surface area contributed by atoms with E-state index in [1.165, 1.54) is 26.1 Å². The first-order chi connectivity index (χ1) is 5.24. The predicted octanol–water partition coefficient (Wildman–Crippen LogP) is 0.936. The van der Waals surface area contributed by atoms with E-state index < -0.39 is 0 Å². The molecule has 66 valence electrons. The van der Waals surface area contributed by atoms with Crippen LogP contribution in [0.5, 0.6) is 0 Å². The van der Waals surface area contributed by atoms with Crippen LogP contribution in [0.1, 0.15) is 20.3 Å². The molecule has 11 heavy (non-hydrogen) atoms. The number of rotatable bonds is 4. The molecule has 1 saturated heterocycles. The lowest BCUT2D eigenvalue weighted by atomic mass is 10.0. The SMILES string of the molecule is CNC(CN1CCC1)C(C)C. The van der Waals surface area contributed by atoms with Gasteiger partial charge < -0.3 is 10.2 Å². The molecule has 1 aliphatic heterocycles. The van der Waals surface area contributed by atoms with Crippen LogP contribution in [0.25, 0.3) is 0 Å². The molecule has 0 bridgehead atoms. The number of hydrogen-bond acceptors (Lipinski definition) is 2. The molecule has 1 aliphatic rings. The first-order valence-corrected chi connectivity index (χ1v) is 4.63. The molecule has 0 aromatic heterocycles. The Hall–Kier alpha value is -0.0800. The van der Waals surface area contributed by atoms with Crippen molar-refractivity contribution in [3.8, 4) is 0 Å². The highest BCUT2D eigenvalue weighted by molar-refractivity contribution is 4.77. The van der Waals surface area contributed by atoms with E-state index in [1.807, 2.05) is 0 Å². The van der Waals surface area contributed by atoms with Crippen molar-refractivity contribution in [2.24, 2.45) is 5.92 Å². The molecule has 1 heterocycles. The van der Waals surface area contributed by atoms with Crippen LogP contribution in [0.3, 0.4) is 0 Å². The minimum Gasteiger partial charge on any atom is -0.315 e. The van der Waals surface area contributed by atoms with Crippen LogP contribution in [0.2, 0.25) is 0 Å². The summed E-state index contributed by atoms with van der Waals surface area (Å²) in [6.07, 6.45) is 1.40. The number of nitrogens with one attached hydrogen (secondary N) is 1. The summed E-state index contributed by atoms with van der Waals surface area (Å²) in [7, 11) is 2.06. The zero-order chi connectivity index (χ0) is 8.27. The first kappa shape index (κ1) is 9.01. The molecule has 0 aliphatic carbocycles. The lowest BCUT2D eigenvalue weighted by Crippen LogP contribution is -2.47. The normalized spacial score (nSPS) is 21.8. The molecule has 1 atom stereocenters. The Morgan fingerprint density at radius 3 is 2.27 bits per heavy atom. The van der Waals surface area contributed by atoms with Gasteiger partial charge in [0, 0.05) is 12.6 Å². The Morgan fingerprint density at radius 1 is 1.36 bits per heavy atom. The summed E-state index contributed by atoms with van der Waals surface area (Å²) in [5.41, 5.74) is 0. The molecule has 2 heteroatoms. The third kappa shape index (κ3) is 2.46. The summed E-state index contributed by atoms with van der Waals surface area (Å²) in [4.78, 5) is 2.52. The van der Waals surface area contributed by atoms with Gasteiger partial charge in [-0.05, 0) is 32.5 Å². The largest absolute Gasteiger partial charge is 0.315 e. The predicted molar refractivity (Wildman–Crippen MR) is 48.7 cm³/mol. The van der Waals surface area contributed by atoms with E-state index in [0.29, 0.717) is 6.04 Å². The Kier molecular flexibility index (Phi) is 3.34. The van der Waals surface area contributed by atoms with E-state index >= 15 is 0 Å². The minimum absolute atomic E-state index is 0.676. The van der Waals surface area contributed by atoms with Gasteiger partial charge in [0.15, 0.2) is 0 Å². The fraction of sp³-hybridized carbons (Fsp3) is 1.00. The van der Waals surface area contributed by atoms with Gasteiger partial charge in [-0.3, -0.25) is 0 Å². The Morgan fingerprint density at radius 2 is 2.00 bits per heavy atom. The number of hydrogen-bond donors (Lipinski definition) is 1. The van der Waals surface area contributed by atoms with Crippen molar-refractivity contribution in [1.82, 2.24) is 10.2 Å². The zero-order valence-electron chi connectivity index (χ0n) is 7.93. The molecule has 2 nitrogen and oxygen atoms in total. The van der Waals surface area contributed by atoms with Crippen molar-refractivity contribution in [2.45, 2.75) is 26.3 Å². The van der Waals surface area contributed by atoms with Crippen molar-refractivity contribution in [1.29, 1.82) is 0 Å². The van der Waals surface area contributed by atoms with Crippen molar-refractivity contribution in [3.05, 3.63) is 0 Å². The molecule has 0 radical (unpaired) electrons. The third-order valence-electron chi connectivity index (χ3n) is 2.58. The first-order valence-electron chi connectivity index (χ1n) is 4.63. The van der Waals surface area contributed by atoms with E-state index in [2.05, 4.69) is 31.1 Å². The van der Waals surface area contributed by atoms with Crippen LogP contribution < -0.4 is 5.32 Å². The minimum atomic E-state index is 0.676. The molecule has 1 N–H and O–H groups in total. The maximum absolute atomic E-state index is 3.36. The van der Waals surface area contributed by atoms with Crippen molar-refractivity contribution >= 4 is 0 Å².